The number of carbonyl (C=O) groups excluding carboxylic acids is 3. The molecule has 2 aromatic carbocycles. The monoisotopic (exact) mass is 439 g/mol. The lowest BCUT2D eigenvalue weighted by Crippen LogP contribution is -2.43. The number of hydrogen-bond acceptors (Lipinski definition) is 6. The minimum Gasteiger partial charge on any atom is -0.465 e. The predicted molar refractivity (Wildman–Crippen MR) is 118 cm³/mol. The van der Waals surface area contributed by atoms with E-state index < -0.39 is 16.9 Å². The van der Waals surface area contributed by atoms with E-state index in [9.17, 15) is 24.5 Å². The number of nitrogens with one attached hydrogen (secondary N) is 1. The first-order valence-electron chi connectivity index (χ1n) is 10.2. The molecule has 1 heterocycles. The van der Waals surface area contributed by atoms with Crippen molar-refractivity contribution in [2.24, 2.45) is 0 Å². The Morgan fingerprint density at radius 2 is 1.84 bits per heavy atom. The molecular weight excluding hydrogens is 414 g/mol. The number of esters is 1. The van der Waals surface area contributed by atoms with Crippen molar-refractivity contribution in [3.05, 3.63) is 68.3 Å². The minimum absolute atomic E-state index is 0.0617. The molecule has 0 saturated carbocycles. The van der Waals surface area contributed by atoms with Gasteiger partial charge in [-0.2, -0.15) is 0 Å². The van der Waals surface area contributed by atoms with Crippen LogP contribution in [-0.2, 0) is 9.53 Å². The molecule has 1 atom stereocenters. The Hall–Kier alpha value is -3.75. The van der Waals surface area contributed by atoms with E-state index in [1.165, 1.54) is 30.2 Å². The summed E-state index contributed by atoms with van der Waals surface area (Å²) in [6.45, 7) is 5.62. The van der Waals surface area contributed by atoms with Crippen molar-refractivity contribution in [1.82, 2.24) is 4.90 Å². The SMILES string of the molecule is COC(=O)c1cc(NC(=O)C2CCCN2C(=O)c2ccc([N+](=O)[O-])c(C)c2)cc(C)c1C. The number of hydrogen-bond donors (Lipinski definition) is 1. The van der Waals surface area contributed by atoms with Gasteiger partial charge in [0.2, 0.25) is 5.91 Å². The van der Waals surface area contributed by atoms with Crippen LogP contribution in [0.4, 0.5) is 11.4 Å². The summed E-state index contributed by atoms with van der Waals surface area (Å²) in [5.41, 5.74) is 3.02. The second-order valence-corrected chi connectivity index (χ2v) is 7.86. The number of benzene rings is 2. The van der Waals surface area contributed by atoms with Gasteiger partial charge < -0.3 is 15.0 Å². The standard InChI is InChI=1S/C23H25N3O6/c1-13-11-17(12-18(15(13)3)23(29)32-4)24-21(27)20-6-5-9-25(20)22(28)16-7-8-19(26(30)31)14(2)10-16/h7-8,10-12,20H,5-6,9H2,1-4H3,(H,24,27). The number of rotatable bonds is 5. The Bertz CT molecular complexity index is 1110. The molecule has 1 saturated heterocycles. The van der Waals surface area contributed by atoms with Gasteiger partial charge in [-0.1, -0.05) is 0 Å². The summed E-state index contributed by atoms with van der Waals surface area (Å²) in [5, 5.41) is 13.8. The summed E-state index contributed by atoms with van der Waals surface area (Å²) in [7, 11) is 1.30. The van der Waals surface area contributed by atoms with Gasteiger partial charge in [-0.05, 0) is 69.0 Å². The lowest BCUT2D eigenvalue weighted by molar-refractivity contribution is -0.385. The average molecular weight is 439 g/mol. The Morgan fingerprint density at radius 3 is 2.47 bits per heavy atom. The minimum atomic E-state index is -0.679. The van der Waals surface area contributed by atoms with Crippen molar-refractivity contribution in [3.8, 4) is 0 Å². The molecular formula is C23H25N3O6. The molecule has 1 fully saturated rings. The smallest absolute Gasteiger partial charge is 0.338 e. The first kappa shape index (κ1) is 22.9. The third kappa shape index (κ3) is 4.46. The zero-order chi connectivity index (χ0) is 23.6. The highest BCUT2D eigenvalue weighted by Gasteiger charge is 2.35. The third-order valence-corrected chi connectivity index (χ3v) is 5.80. The van der Waals surface area contributed by atoms with Crippen LogP contribution in [-0.4, -0.2) is 47.3 Å². The van der Waals surface area contributed by atoms with Crippen LogP contribution in [0.15, 0.2) is 30.3 Å². The summed E-state index contributed by atoms with van der Waals surface area (Å²) in [5.74, 6) is -1.20. The first-order valence-corrected chi connectivity index (χ1v) is 10.2. The van der Waals surface area contributed by atoms with Crippen LogP contribution in [0.3, 0.4) is 0 Å². The third-order valence-electron chi connectivity index (χ3n) is 5.80. The highest BCUT2D eigenvalue weighted by Crippen LogP contribution is 2.26. The fourth-order valence-electron chi connectivity index (χ4n) is 3.92. The highest BCUT2D eigenvalue weighted by atomic mass is 16.6. The lowest BCUT2D eigenvalue weighted by Gasteiger charge is -2.24. The maximum Gasteiger partial charge on any atom is 0.338 e. The number of amides is 2. The van der Waals surface area contributed by atoms with Gasteiger partial charge in [0, 0.05) is 29.4 Å². The van der Waals surface area contributed by atoms with Crippen molar-refractivity contribution < 1.29 is 24.0 Å². The largest absolute Gasteiger partial charge is 0.465 e. The second-order valence-electron chi connectivity index (χ2n) is 7.86. The van der Waals surface area contributed by atoms with Crippen molar-refractivity contribution >= 4 is 29.2 Å². The van der Waals surface area contributed by atoms with Gasteiger partial charge >= 0.3 is 5.97 Å². The van der Waals surface area contributed by atoms with E-state index in [1.807, 2.05) is 6.92 Å². The molecule has 0 aliphatic carbocycles. The van der Waals surface area contributed by atoms with E-state index in [0.717, 1.165) is 11.1 Å². The van der Waals surface area contributed by atoms with Gasteiger partial charge in [0.1, 0.15) is 6.04 Å². The maximum absolute atomic E-state index is 13.0. The number of carbonyl (C=O) groups is 3. The molecule has 9 nitrogen and oxygen atoms in total. The molecule has 9 heteroatoms. The maximum atomic E-state index is 13.0. The fraction of sp³-hybridized carbons (Fsp3) is 0.348. The van der Waals surface area contributed by atoms with Gasteiger partial charge in [0.25, 0.3) is 11.6 Å². The zero-order valence-electron chi connectivity index (χ0n) is 18.4. The number of methoxy groups -OCH3 is 1. The van der Waals surface area contributed by atoms with Gasteiger partial charge in [-0.15, -0.1) is 0 Å². The molecule has 1 unspecified atom stereocenters. The van der Waals surface area contributed by atoms with E-state index in [0.29, 0.717) is 41.8 Å². The summed E-state index contributed by atoms with van der Waals surface area (Å²) < 4.78 is 4.82. The van der Waals surface area contributed by atoms with E-state index >= 15 is 0 Å². The molecule has 0 bridgehead atoms. The molecule has 0 radical (unpaired) electrons. The molecule has 2 amide bonds. The van der Waals surface area contributed by atoms with Crippen LogP contribution in [0.1, 0.15) is 50.2 Å². The summed E-state index contributed by atoms with van der Waals surface area (Å²) in [6.07, 6.45) is 1.16. The van der Waals surface area contributed by atoms with Crippen LogP contribution in [0.25, 0.3) is 0 Å². The van der Waals surface area contributed by atoms with E-state index in [-0.39, 0.29) is 17.5 Å². The van der Waals surface area contributed by atoms with Gasteiger partial charge in [0.05, 0.1) is 17.6 Å². The molecule has 1 aliphatic heterocycles. The van der Waals surface area contributed by atoms with Crippen LogP contribution in [0, 0.1) is 30.9 Å². The zero-order valence-corrected chi connectivity index (χ0v) is 18.4. The first-order chi connectivity index (χ1) is 15.1. The van der Waals surface area contributed by atoms with Crippen LogP contribution >= 0.6 is 0 Å². The Kier molecular flexibility index (Phi) is 6.57. The molecule has 168 valence electrons. The highest BCUT2D eigenvalue weighted by molar-refractivity contribution is 6.02. The topological polar surface area (TPSA) is 119 Å². The van der Waals surface area contributed by atoms with Crippen LogP contribution in [0.5, 0.6) is 0 Å². The molecule has 0 spiro atoms. The van der Waals surface area contributed by atoms with E-state index in [2.05, 4.69) is 5.32 Å². The number of nitro benzene ring substituents is 1. The molecule has 32 heavy (non-hydrogen) atoms. The van der Waals surface area contributed by atoms with Crippen molar-refractivity contribution in [1.29, 1.82) is 0 Å². The number of nitro groups is 1. The summed E-state index contributed by atoms with van der Waals surface area (Å²) in [4.78, 5) is 50.1. The van der Waals surface area contributed by atoms with Gasteiger partial charge in [0.15, 0.2) is 0 Å². The second kappa shape index (κ2) is 9.17. The van der Waals surface area contributed by atoms with Crippen molar-refractivity contribution in [3.63, 3.8) is 0 Å². The normalized spacial score (nSPS) is 15.4. The molecule has 1 aliphatic rings. The molecule has 1 N–H and O–H groups in total. The molecule has 0 aromatic heterocycles. The lowest BCUT2D eigenvalue weighted by atomic mass is 10.0. The van der Waals surface area contributed by atoms with Crippen molar-refractivity contribution in [2.45, 2.75) is 39.7 Å². The number of aryl methyl sites for hydroxylation is 2. The van der Waals surface area contributed by atoms with Crippen LogP contribution in [0.2, 0.25) is 0 Å². The van der Waals surface area contributed by atoms with Gasteiger partial charge in [-0.25, -0.2) is 4.79 Å². The number of likely N-dealkylation sites (tertiary alicyclic amines) is 1. The molecule has 2 aromatic rings. The summed E-state index contributed by atoms with van der Waals surface area (Å²) >= 11 is 0. The number of nitrogens with zero attached hydrogens (tertiary/aromatic N) is 2. The Labute approximate surface area is 185 Å². The quantitative estimate of drug-likeness (QED) is 0.432. The van der Waals surface area contributed by atoms with Crippen LogP contribution < -0.4 is 5.32 Å². The number of ether oxygens (including phenoxy) is 1. The van der Waals surface area contributed by atoms with Gasteiger partial charge in [-0.3, -0.25) is 19.7 Å². The average Bonchev–Trinajstić information content (AvgIpc) is 3.24. The van der Waals surface area contributed by atoms with Crippen molar-refractivity contribution in [2.75, 3.05) is 19.0 Å². The predicted octanol–water partition coefficient (Wildman–Crippen LogP) is 3.55. The molecule has 3 rings (SSSR count). The summed E-state index contributed by atoms with van der Waals surface area (Å²) in [6, 6.07) is 6.83. The van der Waals surface area contributed by atoms with E-state index in [4.69, 9.17) is 4.74 Å². The van der Waals surface area contributed by atoms with E-state index in [1.54, 1.807) is 26.0 Å². The number of anilines is 1. The fourth-order valence-corrected chi connectivity index (χ4v) is 3.92. The Morgan fingerprint density at radius 1 is 1.12 bits per heavy atom. The Balaban J connectivity index is 1.81.